The highest BCUT2D eigenvalue weighted by molar-refractivity contribution is 5.72. The van der Waals surface area contributed by atoms with Gasteiger partial charge in [0.25, 0.3) is 0 Å². The van der Waals surface area contributed by atoms with Crippen molar-refractivity contribution in [2.45, 2.75) is 240 Å². The van der Waals surface area contributed by atoms with Crippen LogP contribution >= 0.6 is 0 Å². The number of carbonyl (C=O) groups excluding carboxylic acids is 2. The fourth-order valence-electron chi connectivity index (χ4n) is 8.06. The standard InChI is InChI=1S/C51H103N3O4/c1-7-11-15-19-21-28-38-49(37-27-17-13-9-3)51(56)58-48-36-26-24-32-42-53(45-34-33-40-52(5)6)41-31-23-25-35-47-57-50(55)39-46-54(43-29-18-14-10-4)44-30-22-20-16-12-8-2/h49H,7-48H2,1-6H3. The Balaban J connectivity index is 4.42. The molecule has 346 valence electrons. The molecule has 0 aromatic carbocycles. The third-order valence-electron chi connectivity index (χ3n) is 12.0. The van der Waals surface area contributed by atoms with Crippen LogP contribution in [0.5, 0.6) is 0 Å². The topological polar surface area (TPSA) is 62.3 Å². The molecule has 0 fully saturated rings. The molecule has 0 saturated carbocycles. The van der Waals surface area contributed by atoms with Crippen molar-refractivity contribution in [2.24, 2.45) is 5.92 Å². The van der Waals surface area contributed by atoms with Crippen LogP contribution in [-0.4, -0.2) is 99.8 Å². The number of unbranched alkanes of at least 4 members (excludes halogenated alkanes) is 23. The Hall–Kier alpha value is -1.18. The van der Waals surface area contributed by atoms with Gasteiger partial charge in [0.05, 0.1) is 25.6 Å². The van der Waals surface area contributed by atoms with E-state index in [9.17, 15) is 9.59 Å². The highest BCUT2D eigenvalue weighted by atomic mass is 16.5. The summed E-state index contributed by atoms with van der Waals surface area (Å²) in [5.74, 6) is 0.153. The van der Waals surface area contributed by atoms with Gasteiger partial charge in [0.2, 0.25) is 0 Å². The normalized spacial score (nSPS) is 12.3. The van der Waals surface area contributed by atoms with E-state index in [0.29, 0.717) is 19.6 Å². The second-order valence-corrected chi connectivity index (χ2v) is 18.1. The number of ether oxygens (including phenoxy) is 2. The summed E-state index contributed by atoms with van der Waals surface area (Å²) in [6.07, 6.45) is 39.6. The zero-order valence-corrected chi connectivity index (χ0v) is 40.3. The first-order valence-electron chi connectivity index (χ1n) is 25.8. The molecule has 58 heavy (non-hydrogen) atoms. The molecule has 0 spiro atoms. The van der Waals surface area contributed by atoms with Crippen molar-refractivity contribution in [3.8, 4) is 0 Å². The second-order valence-electron chi connectivity index (χ2n) is 18.1. The molecule has 0 amide bonds. The number of hydrogen-bond acceptors (Lipinski definition) is 7. The van der Waals surface area contributed by atoms with Gasteiger partial charge in [0.1, 0.15) is 0 Å². The maximum atomic E-state index is 13.0. The molecular formula is C51H103N3O4. The summed E-state index contributed by atoms with van der Waals surface area (Å²) in [4.78, 5) is 33.1. The van der Waals surface area contributed by atoms with Crippen molar-refractivity contribution in [3.05, 3.63) is 0 Å². The van der Waals surface area contributed by atoms with Gasteiger partial charge < -0.3 is 24.2 Å². The van der Waals surface area contributed by atoms with Gasteiger partial charge in [-0.1, -0.05) is 169 Å². The van der Waals surface area contributed by atoms with Gasteiger partial charge in [0, 0.05) is 6.54 Å². The molecule has 0 aromatic rings. The number of carbonyl (C=O) groups is 2. The molecule has 0 aromatic heterocycles. The first-order chi connectivity index (χ1) is 28.4. The highest BCUT2D eigenvalue weighted by Gasteiger charge is 2.19. The van der Waals surface area contributed by atoms with Crippen LogP contribution in [-0.2, 0) is 19.1 Å². The summed E-state index contributed by atoms with van der Waals surface area (Å²) in [5, 5.41) is 0. The van der Waals surface area contributed by atoms with E-state index < -0.39 is 0 Å². The van der Waals surface area contributed by atoms with E-state index >= 15 is 0 Å². The van der Waals surface area contributed by atoms with Gasteiger partial charge >= 0.3 is 11.9 Å². The van der Waals surface area contributed by atoms with Crippen LogP contribution < -0.4 is 0 Å². The van der Waals surface area contributed by atoms with Crippen LogP contribution in [0.25, 0.3) is 0 Å². The van der Waals surface area contributed by atoms with Crippen molar-refractivity contribution in [2.75, 3.05) is 73.1 Å². The van der Waals surface area contributed by atoms with Crippen LogP contribution in [0, 0.1) is 5.92 Å². The molecule has 0 heterocycles. The van der Waals surface area contributed by atoms with E-state index in [-0.39, 0.29) is 17.9 Å². The molecule has 0 rings (SSSR count). The van der Waals surface area contributed by atoms with E-state index in [0.717, 1.165) is 90.6 Å². The van der Waals surface area contributed by atoms with Crippen molar-refractivity contribution < 1.29 is 19.1 Å². The van der Waals surface area contributed by atoms with Crippen LogP contribution in [0.15, 0.2) is 0 Å². The van der Waals surface area contributed by atoms with Crippen LogP contribution in [0.4, 0.5) is 0 Å². The summed E-state index contributed by atoms with van der Waals surface area (Å²) in [6, 6.07) is 0. The molecular weight excluding hydrogens is 719 g/mol. The lowest BCUT2D eigenvalue weighted by Gasteiger charge is -2.23. The number of rotatable bonds is 47. The minimum absolute atomic E-state index is 0.0194. The summed E-state index contributed by atoms with van der Waals surface area (Å²) >= 11 is 0. The number of hydrogen-bond donors (Lipinski definition) is 0. The predicted octanol–water partition coefficient (Wildman–Crippen LogP) is 13.8. The molecule has 0 radical (unpaired) electrons. The van der Waals surface area contributed by atoms with Gasteiger partial charge in [-0.3, -0.25) is 9.59 Å². The summed E-state index contributed by atoms with van der Waals surface area (Å²) in [5.41, 5.74) is 0. The van der Waals surface area contributed by atoms with E-state index in [1.165, 1.54) is 161 Å². The number of nitrogens with zero attached hydrogens (tertiary/aromatic N) is 3. The maximum Gasteiger partial charge on any atom is 0.308 e. The molecule has 7 nitrogen and oxygen atoms in total. The molecule has 0 aliphatic carbocycles. The lowest BCUT2D eigenvalue weighted by atomic mass is 9.94. The Kier molecular flexibility index (Phi) is 44.4. The third kappa shape index (κ3) is 40.2. The van der Waals surface area contributed by atoms with Crippen LogP contribution in [0.2, 0.25) is 0 Å². The Morgan fingerprint density at radius 1 is 0.379 bits per heavy atom. The Bertz CT molecular complexity index is 856. The van der Waals surface area contributed by atoms with Gasteiger partial charge in [-0.15, -0.1) is 0 Å². The van der Waals surface area contributed by atoms with E-state index in [1.54, 1.807) is 0 Å². The Morgan fingerprint density at radius 2 is 0.707 bits per heavy atom. The van der Waals surface area contributed by atoms with Gasteiger partial charge in [-0.25, -0.2) is 0 Å². The lowest BCUT2D eigenvalue weighted by Crippen LogP contribution is -2.29. The monoisotopic (exact) mass is 822 g/mol. The Morgan fingerprint density at radius 3 is 1.17 bits per heavy atom. The average molecular weight is 822 g/mol. The second kappa shape index (κ2) is 45.3. The Labute approximate surface area is 363 Å². The largest absolute Gasteiger partial charge is 0.466 e. The molecule has 0 aliphatic rings. The first kappa shape index (κ1) is 56.8. The minimum atomic E-state index is -0.0194. The summed E-state index contributed by atoms with van der Waals surface area (Å²) in [7, 11) is 4.33. The average Bonchev–Trinajstić information content (AvgIpc) is 3.21. The summed E-state index contributed by atoms with van der Waals surface area (Å²) in [6.45, 7) is 17.9. The molecule has 0 aliphatic heterocycles. The lowest BCUT2D eigenvalue weighted by molar-refractivity contribution is -0.149. The zero-order chi connectivity index (χ0) is 42.6. The molecule has 1 atom stereocenters. The first-order valence-corrected chi connectivity index (χ1v) is 25.8. The molecule has 0 bridgehead atoms. The van der Waals surface area contributed by atoms with Crippen molar-refractivity contribution in [3.63, 3.8) is 0 Å². The van der Waals surface area contributed by atoms with Crippen molar-refractivity contribution >= 4 is 11.9 Å². The molecule has 0 N–H and O–H groups in total. The predicted molar refractivity (Wildman–Crippen MR) is 252 cm³/mol. The fourth-order valence-corrected chi connectivity index (χ4v) is 8.06. The summed E-state index contributed by atoms with van der Waals surface area (Å²) < 4.78 is 11.5. The van der Waals surface area contributed by atoms with E-state index in [4.69, 9.17) is 9.47 Å². The quantitative estimate of drug-likeness (QED) is 0.0447. The van der Waals surface area contributed by atoms with Crippen LogP contribution in [0.1, 0.15) is 240 Å². The molecule has 0 saturated heterocycles. The highest BCUT2D eigenvalue weighted by Crippen LogP contribution is 2.21. The molecule has 1 unspecified atom stereocenters. The van der Waals surface area contributed by atoms with Gasteiger partial charge in [0.15, 0.2) is 0 Å². The maximum absolute atomic E-state index is 13.0. The molecule has 7 heteroatoms. The SMILES string of the molecule is CCCCCCCCC(CCCCCC)C(=O)OCCCCCCN(CCCCCCOC(=O)CCN(CCCCCC)CCCCCCCC)CCCCN(C)C. The van der Waals surface area contributed by atoms with Crippen molar-refractivity contribution in [1.29, 1.82) is 0 Å². The smallest absolute Gasteiger partial charge is 0.308 e. The minimum Gasteiger partial charge on any atom is -0.466 e. The van der Waals surface area contributed by atoms with Gasteiger partial charge in [-0.05, 0) is 118 Å². The van der Waals surface area contributed by atoms with Gasteiger partial charge in [-0.2, -0.15) is 0 Å². The van der Waals surface area contributed by atoms with E-state index in [1.807, 2.05) is 0 Å². The fraction of sp³-hybridized carbons (Fsp3) is 0.961. The third-order valence-corrected chi connectivity index (χ3v) is 12.0. The van der Waals surface area contributed by atoms with Crippen LogP contribution in [0.3, 0.4) is 0 Å². The van der Waals surface area contributed by atoms with Crippen molar-refractivity contribution in [1.82, 2.24) is 14.7 Å². The number of esters is 2. The van der Waals surface area contributed by atoms with E-state index in [2.05, 4.69) is 56.5 Å². The zero-order valence-electron chi connectivity index (χ0n) is 40.3.